The minimum absolute atomic E-state index is 0.772. The van der Waals surface area contributed by atoms with Crippen LogP contribution in [0.5, 0.6) is 0 Å². The molecule has 0 bridgehead atoms. The Balaban J connectivity index is 1.38. The van der Waals surface area contributed by atoms with E-state index in [0.29, 0.717) is 0 Å². The first-order valence-electron chi connectivity index (χ1n) is 11.2. The standard InChI is InChI=1S/C28H30N4/c1-2-9-24(10-3-1)15-18-32(23-28-14-5-7-17-31-28)22-26-12-8-11-25(19-26)20-29-21-27-13-4-6-16-30-27/h1-14,16-17,19,29H,15,18,20-23H2. The Morgan fingerprint density at radius 3 is 2.03 bits per heavy atom. The predicted octanol–water partition coefficient (Wildman–Crippen LogP) is 5.01. The molecule has 4 heteroatoms. The largest absolute Gasteiger partial charge is 0.307 e. The monoisotopic (exact) mass is 422 g/mol. The highest BCUT2D eigenvalue weighted by atomic mass is 15.1. The van der Waals surface area contributed by atoms with Gasteiger partial charge in [0.05, 0.1) is 11.4 Å². The van der Waals surface area contributed by atoms with E-state index in [0.717, 1.165) is 50.5 Å². The maximum Gasteiger partial charge on any atom is 0.0544 e. The molecule has 4 aromatic rings. The maximum atomic E-state index is 4.54. The number of rotatable bonds is 11. The van der Waals surface area contributed by atoms with Crippen LogP contribution in [0.4, 0.5) is 0 Å². The van der Waals surface area contributed by atoms with E-state index in [1.807, 2.05) is 36.7 Å². The van der Waals surface area contributed by atoms with Crippen LogP contribution in [0.3, 0.4) is 0 Å². The second kappa shape index (κ2) is 11.9. The van der Waals surface area contributed by atoms with Gasteiger partial charge in [-0.15, -0.1) is 0 Å². The summed E-state index contributed by atoms with van der Waals surface area (Å²) < 4.78 is 0. The van der Waals surface area contributed by atoms with Crippen LogP contribution in [0, 0.1) is 0 Å². The smallest absolute Gasteiger partial charge is 0.0544 e. The van der Waals surface area contributed by atoms with E-state index in [1.54, 1.807) is 0 Å². The summed E-state index contributed by atoms with van der Waals surface area (Å²) in [5.41, 5.74) is 6.15. The molecule has 0 radical (unpaired) electrons. The molecule has 1 N–H and O–H groups in total. The Hall–Kier alpha value is -3.34. The van der Waals surface area contributed by atoms with Crippen LogP contribution < -0.4 is 5.32 Å². The van der Waals surface area contributed by atoms with E-state index in [9.17, 15) is 0 Å². The van der Waals surface area contributed by atoms with Gasteiger partial charge < -0.3 is 5.32 Å². The lowest BCUT2D eigenvalue weighted by molar-refractivity contribution is 0.257. The van der Waals surface area contributed by atoms with Gasteiger partial charge in [-0.2, -0.15) is 0 Å². The van der Waals surface area contributed by atoms with E-state index in [1.165, 1.54) is 16.7 Å². The Morgan fingerprint density at radius 1 is 0.594 bits per heavy atom. The number of hydrogen-bond donors (Lipinski definition) is 1. The second-order valence-corrected chi connectivity index (χ2v) is 8.01. The highest BCUT2D eigenvalue weighted by Crippen LogP contribution is 2.13. The fourth-order valence-corrected chi connectivity index (χ4v) is 3.80. The van der Waals surface area contributed by atoms with Crippen LogP contribution in [0.15, 0.2) is 103 Å². The van der Waals surface area contributed by atoms with Gasteiger partial charge in [-0.25, -0.2) is 0 Å². The van der Waals surface area contributed by atoms with Crippen LogP contribution >= 0.6 is 0 Å². The third kappa shape index (κ3) is 7.12. The van der Waals surface area contributed by atoms with Crippen molar-refractivity contribution in [3.63, 3.8) is 0 Å². The van der Waals surface area contributed by atoms with Gasteiger partial charge in [-0.3, -0.25) is 14.9 Å². The zero-order valence-electron chi connectivity index (χ0n) is 18.4. The van der Waals surface area contributed by atoms with Gasteiger partial charge in [-0.1, -0.05) is 66.7 Å². The summed E-state index contributed by atoms with van der Waals surface area (Å²) in [6, 6.07) is 31.7. The van der Waals surface area contributed by atoms with Crippen molar-refractivity contribution in [3.05, 3.63) is 131 Å². The third-order valence-electron chi connectivity index (χ3n) is 5.43. The van der Waals surface area contributed by atoms with E-state index in [4.69, 9.17) is 0 Å². The summed E-state index contributed by atoms with van der Waals surface area (Å²) in [5, 5.41) is 3.50. The molecule has 0 saturated heterocycles. The predicted molar refractivity (Wildman–Crippen MR) is 130 cm³/mol. The van der Waals surface area contributed by atoms with Crippen molar-refractivity contribution in [2.24, 2.45) is 0 Å². The maximum absolute atomic E-state index is 4.54. The Bertz CT molecular complexity index is 1050. The highest BCUT2D eigenvalue weighted by Gasteiger charge is 2.09. The lowest BCUT2D eigenvalue weighted by Crippen LogP contribution is -2.26. The van der Waals surface area contributed by atoms with Crippen molar-refractivity contribution >= 4 is 0 Å². The van der Waals surface area contributed by atoms with E-state index < -0.39 is 0 Å². The number of nitrogens with zero attached hydrogens (tertiary/aromatic N) is 3. The molecule has 0 saturated carbocycles. The molecule has 0 aliphatic carbocycles. The van der Waals surface area contributed by atoms with Gasteiger partial charge in [0.25, 0.3) is 0 Å². The van der Waals surface area contributed by atoms with E-state index in [-0.39, 0.29) is 0 Å². The van der Waals surface area contributed by atoms with Crippen LogP contribution in [0.25, 0.3) is 0 Å². The topological polar surface area (TPSA) is 41.0 Å². The number of nitrogens with one attached hydrogen (secondary N) is 1. The number of aromatic nitrogens is 2. The summed E-state index contributed by atoms with van der Waals surface area (Å²) in [7, 11) is 0. The second-order valence-electron chi connectivity index (χ2n) is 8.01. The molecule has 2 heterocycles. The molecule has 4 nitrogen and oxygen atoms in total. The summed E-state index contributed by atoms with van der Waals surface area (Å²) in [5.74, 6) is 0. The minimum atomic E-state index is 0.772. The first-order chi connectivity index (χ1) is 15.8. The Kier molecular flexibility index (Phi) is 8.13. The molecule has 0 unspecified atom stereocenters. The Labute approximate surface area is 191 Å². The molecule has 0 spiro atoms. The average Bonchev–Trinajstić information content (AvgIpc) is 2.85. The van der Waals surface area contributed by atoms with Crippen molar-refractivity contribution in [1.29, 1.82) is 0 Å². The summed E-state index contributed by atoms with van der Waals surface area (Å²) in [4.78, 5) is 11.4. The van der Waals surface area contributed by atoms with Crippen molar-refractivity contribution in [3.8, 4) is 0 Å². The molecule has 162 valence electrons. The molecule has 0 aliphatic heterocycles. The molecule has 0 fully saturated rings. The molecular weight excluding hydrogens is 392 g/mol. The van der Waals surface area contributed by atoms with E-state index in [2.05, 4.69) is 86.9 Å². The first kappa shape index (κ1) is 21.9. The first-order valence-corrected chi connectivity index (χ1v) is 11.2. The number of benzene rings is 2. The van der Waals surface area contributed by atoms with Crippen molar-refractivity contribution in [2.75, 3.05) is 6.54 Å². The van der Waals surface area contributed by atoms with Gasteiger partial charge in [0.15, 0.2) is 0 Å². The van der Waals surface area contributed by atoms with Crippen LogP contribution in [-0.4, -0.2) is 21.4 Å². The van der Waals surface area contributed by atoms with Crippen LogP contribution in [0.1, 0.15) is 28.1 Å². The summed E-state index contributed by atoms with van der Waals surface area (Å²) >= 11 is 0. The average molecular weight is 423 g/mol. The molecule has 0 atom stereocenters. The third-order valence-corrected chi connectivity index (χ3v) is 5.43. The number of hydrogen-bond acceptors (Lipinski definition) is 4. The lowest BCUT2D eigenvalue weighted by Gasteiger charge is -2.22. The van der Waals surface area contributed by atoms with E-state index >= 15 is 0 Å². The van der Waals surface area contributed by atoms with Crippen molar-refractivity contribution < 1.29 is 0 Å². The highest BCUT2D eigenvalue weighted by molar-refractivity contribution is 5.24. The minimum Gasteiger partial charge on any atom is -0.307 e. The molecule has 2 aromatic carbocycles. The molecule has 4 rings (SSSR count). The molecular formula is C28H30N4. The Morgan fingerprint density at radius 2 is 1.28 bits per heavy atom. The van der Waals surface area contributed by atoms with Gasteiger partial charge in [0.1, 0.15) is 0 Å². The van der Waals surface area contributed by atoms with Gasteiger partial charge >= 0.3 is 0 Å². The molecule has 0 aliphatic rings. The van der Waals surface area contributed by atoms with Crippen LogP contribution in [0.2, 0.25) is 0 Å². The fraction of sp³-hybridized carbons (Fsp3) is 0.214. The zero-order valence-corrected chi connectivity index (χ0v) is 18.4. The number of pyridine rings is 2. The lowest BCUT2D eigenvalue weighted by atomic mass is 10.1. The van der Waals surface area contributed by atoms with Gasteiger partial charge in [0, 0.05) is 45.1 Å². The van der Waals surface area contributed by atoms with Crippen molar-refractivity contribution in [2.45, 2.75) is 32.6 Å². The summed E-state index contributed by atoms with van der Waals surface area (Å²) in [6.07, 6.45) is 4.74. The zero-order chi connectivity index (χ0) is 21.8. The fourth-order valence-electron chi connectivity index (χ4n) is 3.80. The molecule has 0 amide bonds. The quantitative estimate of drug-likeness (QED) is 0.369. The van der Waals surface area contributed by atoms with Crippen LogP contribution in [-0.2, 0) is 32.6 Å². The molecule has 32 heavy (non-hydrogen) atoms. The van der Waals surface area contributed by atoms with Gasteiger partial charge in [0.2, 0.25) is 0 Å². The van der Waals surface area contributed by atoms with Gasteiger partial charge in [-0.05, 0) is 47.4 Å². The molecule has 2 aromatic heterocycles. The van der Waals surface area contributed by atoms with Crippen molar-refractivity contribution in [1.82, 2.24) is 20.2 Å². The summed E-state index contributed by atoms with van der Waals surface area (Å²) in [6.45, 7) is 4.33. The normalized spacial score (nSPS) is 11.0. The SMILES string of the molecule is c1ccc(CCN(Cc2cccc(CNCc3ccccn3)c2)Cc2ccccn2)cc1.